The van der Waals surface area contributed by atoms with E-state index in [2.05, 4.69) is 5.32 Å². The van der Waals surface area contributed by atoms with Gasteiger partial charge in [0.1, 0.15) is 0 Å². The molecule has 0 unspecified atom stereocenters. The van der Waals surface area contributed by atoms with Crippen molar-refractivity contribution in [1.82, 2.24) is 5.32 Å². The molecule has 2 aromatic rings. The van der Waals surface area contributed by atoms with Gasteiger partial charge in [0.05, 0.1) is 0 Å². The van der Waals surface area contributed by atoms with E-state index in [1.54, 1.807) is 17.8 Å². The molecular formula is C17H19NO3S. The molecule has 0 bridgehead atoms. The molecule has 5 heteroatoms. The number of benzene rings is 2. The standard InChI is InChI=1S/C17H19NO3S/c1-22-11-13-2-5-14(6-3-13)17(21)18-9-8-12-4-7-15(19)16(20)10-12/h2-7,10,19-20H,8-9,11H2,1H3,(H,18,21). The van der Waals surface area contributed by atoms with Crippen LogP contribution < -0.4 is 5.32 Å². The maximum atomic E-state index is 12.0. The Morgan fingerprint density at radius 3 is 2.36 bits per heavy atom. The molecule has 3 N–H and O–H groups in total. The Labute approximate surface area is 134 Å². The molecule has 0 aliphatic carbocycles. The van der Waals surface area contributed by atoms with Gasteiger partial charge < -0.3 is 15.5 Å². The second kappa shape index (κ2) is 7.75. The Hall–Kier alpha value is -2.14. The lowest BCUT2D eigenvalue weighted by atomic mass is 10.1. The molecule has 0 fully saturated rings. The van der Waals surface area contributed by atoms with Crippen LogP contribution in [0, 0.1) is 0 Å². The van der Waals surface area contributed by atoms with E-state index in [1.165, 1.54) is 17.7 Å². The van der Waals surface area contributed by atoms with Crippen LogP contribution in [0.1, 0.15) is 21.5 Å². The number of nitrogens with one attached hydrogen (secondary N) is 1. The largest absolute Gasteiger partial charge is 0.504 e. The molecule has 0 saturated heterocycles. The Morgan fingerprint density at radius 1 is 1.05 bits per heavy atom. The summed E-state index contributed by atoms with van der Waals surface area (Å²) in [5.74, 6) is 0.539. The summed E-state index contributed by atoms with van der Waals surface area (Å²) in [6.45, 7) is 0.468. The Bertz CT molecular complexity index is 641. The fourth-order valence-electron chi connectivity index (χ4n) is 2.07. The van der Waals surface area contributed by atoms with E-state index in [1.807, 2.05) is 30.5 Å². The van der Waals surface area contributed by atoms with Gasteiger partial charge in [-0.25, -0.2) is 0 Å². The van der Waals surface area contributed by atoms with Crippen LogP contribution in [0.4, 0.5) is 0 Å². The van der Waals surface area contributed by atoms with Gasteiger partial charge >= 0.3 is 0 Å². The second-order valence-corrected chi connectivity index (χ2v) is 5.82. The Balaban J connectivity index is 1.85. The highest BCUT2D eigenvalue weighted by Crippen LogP contribution is 2.24. The quantitative estimate of drug-likeness (QED) is 0.717. The molecule has 0 spiro atoms. The minimum Gasteiger partial charge on any atom is -0.504 e. The van der Waals surface area contributed by atoms with Gasteiger partial charge in [-0.3, -0.25) is 4.79 Å². The van der Waals surface area contributed by atoms with Crippen molar-refractivity contribution in [2.45, 2.75) is 12.2 Å². The van der Waals surface area contributed by atoms with Crippen LogP contribution in [-0.4, -0.2) is 28.9 Å². The van der Waals surface area contributed by atoms with E-state index in [0.717, 1.165) is 11.3 Å². The normalized spacial score (nSPS) is 10.4. The summed E-state index contributed by atoms with van der Waals surface area (Å²) < 4.78 is 0. The lowest BCUT2D eigenvalue weighted by Crippen LogP contribution is -2.25. The van der Waals surface area contributed by atoms with Crippen LogP contribution in [0.3, 0.4) is 0 Å². The highest BCUT2D eigenvalue weighted by atomic mass is 32.2. The predicted molar refractivity (Wildman–Crippen MR) is 89.5 cm³/mol. The first kappa shape index (κ1) is 16.2. The van der Waals surface area contributed by atoms with E-state index < -0.39 is 0 Å². The molecule has 2 aromatic carbocycles. The average molecular weight is 317 g/mol. The van der Waals surface area contributed by atoms with Crippen molar-refractivity contribution < 1.29 is 15.0 Å². The summed E-state index contributed by atoms with van der Waals surface area (Å²) >= 11 is 1.74. The maximum Gasteiger partial charge on any atom is 0.251 e. The molecule has 22 heavy (non-hydrogen) atoms. The number of amides is 1. The van der Waals surface area contributed by atoms with E-state index in [4.69, 9.17) is 0 Å². The molecule has 0 aromatic heterocycles. The van der Waals surface area contributed by atoms with Crippen LogP contribution >= 0.6 is 11.8 Å². The summed E-state index contributed by atoms with van der Waals surface area (Å²) in [5.41, 5.74) is 2.69. The summed E-state index contributed by atoms with van der Waals surface area (Å²) in [6, 6.07) is 12.2. The molecule has 0 atom stereocenters. The average Bonchev–Trinajstić information content (AvgIpc) is 2.52. The lowest BCUT2D eigenvalue weighted by Gasteiger charge is -2.07. The number of thioether (sulfide) groups is 1. The number of carbonyl (C=O) groups is 1. The van der Waals surface area contributed by atoms with Crippen LogP contribution in [0.5, 0.6) is 11.5 Å². The monoisotopic (exact) mass is 317 g/mol. The molecule has 0 saturated carbocycles. The maximum absolute atomic E-state index is 12.0. The van der Waals surface area contributed by atoms with Crippen molar-refractivity contribution in [3.8, 4) is 11.5 Å². The summed E-state index contributed by atoms with van der Waals surface area (Å²) in [4.78, 5) is 12.0. The van der Waals surface area contributed by atoms with E-state index >= 15 is 0 Å². The number of carbonyl (C=O) groups excluding carboxylic acids is 1. The van der Waals surface area contributed by atoms with Crippen LogP contribution in [0.15, 0.2) is 42.5 Å². The summed E-state index contributed by atoms with van der Waals surface area (Å²) in [7, 11) is 0. The number of aromatic hydroxyl groups is 2. The van der Waals surface area contributed by atoms with Gasteiger partial charge in [-0.2, -0.15) is 11.8 Å². The van der Waals surface area contributed by atoms with Crippen molar-refractivity contribution in [1.29, 1.82) is 0 Å². The molecule has 0 aliphatic rings. The third-order valence-corrected chi connectivity index (χ3v) is 3.89. The van der Waals surface area contributed by atoms with E-state index in [-0.39, 0.29) is 17.4 Å². The fraction of sp³-hybridized carbons (Fsp3) is 0.235. The zero-order chi connectivity index (χ0) is 15.9. The van der Waals surface area contributed by atoms with Crippen LogP contribution in [-0.2, 0) is 12.2 Å². The molecular weight excluding hydrogens is 298 g/mol. The van der Waals surface area contributed by atoms with Crippen LogP contribution in [0.2, 0.25) is 0 Å². The van der Waals surface area contributed by atoms with Gasteiger partial charge in [0, 0.05) is 17.9 Å². The number of rotatable bonds is 6. The Kier molecular flexibility index (Phi) is 5.72. The number of phenols is 2. The van der Waals surface area contributed by atoms with Gasteiger partial charge in [0.25, 0.3) is 5.91 Å². The van der Waals surface area contributed by atoms with Crippen molar-refractivity contribution in [3.63, 3.8) is 0 Å². The van der Waals surface area contributed by atoms with E-state index in [0.29, 0.717) is 18.5 Å². The summed E-state index contributed by atoms with van der Waals surface area (Å²) in [5, 5.41) is 21.5. The highest BCUT2D eigenvalue weighted by molar-refractivity contribution is 7.97. The molecule has 0 heterocycles. The molecule has 2 rings (SSSR count). The van der Waals surface area contributed by atoms with Gasteiger partial charge in [0.15, 0.2) is 11.5 Å². The minimum absolute atomic E-state index is 0.112. The molecule has 4 nitrogen and oxygen atoms in total. The Morgan fingerprint density at radius 2 is 1.73 bits per heavy atom. The highest BCUT2D eigenvalue weighted by Gasteiger charge is 2.06. The lowest BCUT2D eigenvalue weighted by molar-refractivity contribution is 0.0954. The second-order valence-electron chi connectivity index (χ2n) is 4.96. The van der Waals surface area contributed by atoms with Crippen molar-refractivity contribution in [3.05, 3.63) is 59.2 Å². The van der Waals surface area contributed by atoms with Crippen LogP contribution in [0.25, 0.3) is 0 Å². The van der Waals surface area contributed by atoms with Crippen molar-refractivity contribution >= 4 is 17.7 Å². The van der Waals surface area contributed by atoms with Gasteiger partial charge in [-0.15, -0.1) is 0 Å². The summed E-state index contributed by atoms with van der Waals surface area (Å²) in [6.07, 6.45) is 2.63. The molecule has 116 valence electrons. The third-order valence-electron chi connectivity index (χ3n) is 3.27. The zero-order valence-corrected chi connectivity index (χ0v) is 13.2. The SMILES string of the molecule is CSCc1ccc(C(=O)NCCc2ccc(O)c(O)c2)cc1. The third kappa shape index (κ3) is 4.43. The fourth-order valence-corrected chi connectivity index (χ4v) is 2.59. The first-order valence-corrected chi connectivity index (χ1v) is 8.36. The van der Waals surface area contributed by atoms with Gasteiger partial charge in [-0.05, 0) is 48.1 Å². The topological polar surface area (TPSA) is 69.6 Å². The number of hydrogen-bond donors (Lipinski definition) is 3. The van der Waals surface area contributed by atoms with Gasteiger partial charge in [0.2, 0.25) is 0 Å². The smallest absolute Gasteiger partial charge is 0.251 e. The molecule has 0 radical (unpaired) electrons. The zero-order valence-electron chi connectivity index (χ0n) is 12.4. The minimum atomic E-state index is -0.145. The molecule has 0 aliphatic heterocycles. The van der Waals surface area contributed by atoms with Crippen molar-refractivity contribution in [2.24, 2.45) is 0 Å². The number of phenolic OH excluding ortho intramolecular Hbond substituents is 2. The number of hydrogen-bond acceptors (Lipinski definition) is 4. The van der Waals surface area contributed by atoms with E-state index in [9.17, 15) is 15.0 Å². The van der Waals surface area contributed by atoms with Gasteiger partial charge in [-0.1, -0.05) is 18.2 Å². The predicted octanol–water partition coefficient (Wildman–Crippen LogP) is 2.93. The first-order valence-electron chi connectivity index (χ1n) is 6.97. The first-order chi connectivity index (χ1) is 10.6. The molecule has 1 amide bonds. The van der Waals surface area contributed by atoms with Crippen molar-refractivity contribution in [2.75, 3.05) is 12.8 Å².